The molecule has 0 spiro atoms. The summed E-state index contributed by atoms with van der Waals surface area (Å²) in [6, 6.07) is 8.22. The van der Waals surface area contributed by atoms with Gasteiger partial charge in [0.1, 0.15) is 5.65 Å². The molecule has 5 aromatic rings. The predicted octanol–water partition coefficient (Wildman–Crippen LogP) is 4.27. The molecular weight excluding hydrogens is 634 g/mol. The zero-order valence-electron chi connectivity index (χ0n) is 30.6. The Morgan fingerprint density at radius 2 is 1.88 bits per heavy atom. The number of aromatic amines is 1. The van der Waals surface area contributed by atoms with Gasteiger partial charge in [-0.25, -0.2) is 11.0 Å². The van der Waals surface area contributed by atoms with Gasteiger partial charge in [-0.2, -0.15) is 16.1 Å². The van der Waals surface area contributed by atoms with Crippen molar-refractivity contribution in [3.05, 3.63) is 79.9 Å². The van der Waals surface area contributed by atoms with Crippen molar-refractivity contribution in [1.82, 2.24) is 34.8 Å². The molecule has 10 heteroatoms. The summed E-state index contributed by atoms with van der Waals surface area (Å²) < 4.78 is 3.79. The minimum Gasteiger partial charge on any atom is -0.467 e. The third-order valence-corrected chi connectivity index (χ3v) is 10.9. The molecule has 49 heavy (non-hydrogen) atoms. The van der Waals surface area contributed by atoms with Crippen molar-refractivity contribution in [3.8, 4) is 22.4 Å². The number of hydrogen-bond donors (Lipinski definition) is 3. The van der Waals surface area contributed by atoms with Gasteiger partial charge in [0, 0.05) is 61.7 Å². The van der Waals surface area contributed by atoms with Gasteiger partial charge in [0.15, 0.2) is 0 Å². The van der Waals surface area contributed by atoms with E-state index >= 15 is 0 Å². The van der Waals surface area contributed by atoms with Crippen molar-refractivity contribution in [1.29, 1.82) is 0 Å². The quantitative estimate of drug-likeness (QED) is 0.109. The van der Waals surface area contributed by atoms with Crippen molar-refractivity contribution in [2.45, 2.75) is 57.3 Å². The molecule has 0 bridgehead atoms. The van der Waals surface area contributed by atoms with Crippen LogP contribution in [0.25, 0.3) is 44.3 Å². The Bertz CT molecular complexity index is 1930. The number of benzene rings is 1. The van der Waals surface area contributed by atoms with Gasteiger partial charge in [0.05, 0.1) is 35.5 Å². The van der Waals surface area contributed by atoms with Gasteiger partial charge in [0.25, 0.3) is 0 Å². The number of anilines is 1. The molecule has 0 saturated heterocycles. The van der Waals surface area contributed by atoms with Crippen molar-refractivity contribution >= 4 is 27.6 Å². The largest absolute Gasteiger partial charge is 1.00 e. The standard InChI is InChI=1S/C38H47N8.CH5N.K/c1-8-15-38(16-11-17-38)35(39-10-3)26-14-18-37(9-2,20-26)33-30(44(4)5)23-40-36-32(33)31(34(43-36)28-22-41-45(6)24-28)25-12-13-29-27(19-25)21-42-46(29)7;1-2;/h8-9,12-13,19,21-24,26,39H,1-2,10-11,14-18,20H2,3-7H3,(H,40,43);2H2,1H3;/q-1;;+1. The van der Waals surface area contributed by atoms with E-state index in [0.29, 0.717) is 5.92 Å². The fourth-order valence-corrected chi connectivity index (χ4v) is 8.62. The summed E-state index contributed by atoms with van der Waals surface area (Å²) in [6.45, 7) is 11.9. The van der Waals surface area contributed by atoms with Crippen molar-refractivity contribution in [2.75, 3.05) is 32.6 Å². The van der Waals surface area contributed by atoms with Gasteiger partial charge in [-0.1, -0.05) is 63.7 Å². The number of aryl methyl sites for hydroxylation is 2. The number of nitrogens with zero attached hydrogens (tertiary/aromatic N) is 6. The van der Waals surface area contributed by atoms with Crippen LogP contribution in [0.15, 0.2) is 68.3 Å². The second-order valence-corrected chi connectivity index (χ2v) is 13.8. The molecule has 2 atom stereocenters. The fraction of sp³-hybridized carbons (Fsp3) is 0.436. The molecule has 2 aliphatic rings. The molecule has 9 nitrogen and oxygen atoms in total. The van der Waals surface area contributed by atoms with Crippen LogP contribution < -0.4 is 67.3 Å². The van der Waals surface area contributed by atoms with E-state index in [1.165, 1.54) is 37.3 Å². The monoisotopic (exact) mass is 685 g/mol. The summed E-state index contributed by atoms with van der Waals surface area (Å²) in [5, 5.41) is 15.3. The van der Waals surface area contributed by atoms with Crippen LogP contribution in [0.2, 0.25) is 0 Å². The zero-order chi connectivity index (χ0) is 34.2. The van der Waals surface area contributed by atoms with Crippen molar-refractivity contribution in [3.63, 3.8) is 0 Å². The Kier molecular flexibility index (Phi) is 11.8. The van der Waals surface area contributed by atoms with Crippen molar-refractivity contribution < 1.29 is 51.4 Å². The molecule has 4 heterocycles. The van der Waals surface area contributed by atoms with Crippen LogP contribution in [0.4, 0.5) is 5.69 Å². The smallest absolute Gasteiger partial charge is 0.467 e. The van der Waals surface area contributed by atoms with E-state index in [2.05, 4.69) is 102 Å². The molecule has 4 aromatic heterocycles. The van der Waals surface area contributed by atoms with Gasteiger partial charge >= 0.3 is 51.4 Å². The van der Waals surface area contributed by atoms with Gasteiger partial charge in [-0.3, -0.25) is 9.36 Å². The maximum atomic E-state index is 5.07. The number of H-pyrrole nitrogens is 1. The Balaban J connectivity index is 0.00000153. The van der Waals surface area contributed by atoms with E-state index in [9.17, 15) is 0 Å². The van der Waals surface area contributed by atoms with Crippen LogP contribution in [0.3, 0.4) is 0 Å². The Hall–Kier alpha value is -2.57. The van der Waals surface area contributed by atoms with Crippen LogP contribution in [0.1, 0.15) is 57.4 Å². The first-order valence-corrected chi connectivity index (χ1v) is 17.3. The number of aromatic nitrogens is 6. The van der Waals surface area contributed by atoms with E-state index in [4.69, 9.17) is 4.98 Å². The second-order valence-electron chi connectivity index (χ2n) is 13.8. The molecule has 4 N–H and O–H groups in total. The molecule has 254 valence electrons. The molecule has 2 aliphatic carbocycles. The molecule has 7 rings (SSSR count). The summed E-state index contributed by atoms with van der Waals surface area (Å²) in [4.78, 5) is 11.1. The van der Waals surface area contributed by atoms with Crippen LogP contribution in [0.5, 0.6) is 0 Å². The number of allylic oxidation sites excluding steroid dienone is 2. The minimum absolute atomic E-state index is 0. The van der Waals surface area contributed by atoms with E-state index in [1.54, 1.807) is 6.04 Å². The molecule has 1 aromatic carbocycles. The van der Waals surface area contributed by atoms with Gasteiger partial charge in [-0.15, -0.1) is 18.6 Å². The van der Waals surface area contributed by atoms with Gasteiger partial charge < -0.3 is 20.9 Å². The maximum absolute atomic E-state index is 5.07. The molecule has 0 aliphatic heterocycles. The molecule has 2 unspecified atom stereocenters. The molecule has 2 fully saturated rings. The third-order valence-electron chi connectivity index (χ3n) is 10.9. The number of pyridine rings is 1. The third kappa shape index (κ3) is 6.54. The summed E-state index contributed by atoms with van der Waals surface area (Å²) in [7, 11) is 9.73. The average molecular weight is 686 g/mol. The number of fused-ring (bicyclic) bond motifs is 2. The molecule has 0 amide bonds. The molecular formula is C39H52KN9. The fourth-order valence-electron chi connectivity index (χ4n) is 8.62. The molecule has 0 radical (unpaired) electrons. The van der Waals surface area contributed by atoms with E-state index in [-0.39, 0.29) is 62.2 Å². The first-order chi connectivity index (χ1) is 23.2. The number of hydrogen-bond acceptors (Lipinski definition) is 6. The van der Waals surface area contributed by atoms with E-state index < -0.39 is 0 Å². The SMILES string of the molecule is C=CCC1([C-](NCC)C2CCC(C=C)(c3c(N(C)C)cnc4[nH]c(-c5cnn(C)c5)c(-c5ccc6c(cnn6C)c5)c34)C2)CCC1.CN.[K+]. The topological polar surface area (TPSA) is 106 Å². The van der Waals surface area contributed by atoms with Crippen LogP contribution in [-0.4, -0.2) is 57.2 Å². The summed E-state index contributed by atoms with van der Waals surface area (Å²) in [5.74, 6) is 0.461. The Morgan fingerprint density at radius 3 is 2.49 bits per heavy atom. The Morgan fingerprint density at radius 1 is 1.10 bits per heavy atom. The summed E-state index contributed by atoms with van der Waals surface area (Å²) >= 11 is 0. The predicted molar refractivity (Wildman–Crippen MR) is 200 cm³/mol. The average Bonchev–Trinajstić information content (AvgIpc) is 3.87. The number of nitrogens with two attached hydrogens (primary N) is 1. The first-order valence-electron chi connectivity index (χ1n) is 17.3. The van der Waals surface area contributed by atoms with E-state index in [1.807, 2.05) is 42.0 Å². The maximum Gasteiger partial charge on any atom is 1.00 e. The van der Waals surface area contributed by atoms with Crippen LogP contribution >= 0.6 is 0 Å². The normalized spacial score (nSPS) is 19.7. The number of rotatable bonds is 11. The summed E-state index contributed by atoms with van der Waals surface area (Å²) in [5.41, 5.74) is 13.3. The Labute approximate surface area is 334 Å². The minimum atomic E-state index is -0.229. The van der Waals surface area contributed by atoms with Gasteiger partial charge in [-0.05, 0) is 43.3 Å². The van der Waals surface area contributed by atoms with Gasteiger partial charge in [0.2, 0.25) is 0 Å². The first kappa shape index (κ1) is 37.7. The van der Waals surface area contributed by atoms with E-state index in [0.717, 1.165) is 76.8 Å². The number of nitrogens with one attached hydrogen (secondary N) is 2. The van der Waals surface area contributed by atoms with Crippen LogP contribution in [-0.2, 0) is 19.5 Å². The molecule has 2 saturated carbocycles. The van der Waals surface area contributed by atoms with Crippen molar-refractivity contribution in [2.24, 2.45) is 31.2 Å². The summed E-state index contributed by atoms with van der Waals surface area (Å²) in [6.07, 6.45) is 20.4. The zero-order valence-corrected chi connectivity index (χ0v) is 33.7. The second kappa shape index (κ2) is 15.3. The van der Waals surface area contributed by atoms with Crippen LogP contribution in [0, 0.1) is 17.4 Å².